The van der Waals surface area contributed by atoms with Crippen molar-refractivity contribution < 1.29 is 8.78 Å². The van der Waals surface area contributed by atoms with E-state index in [1.807, 2.05) is 12.1 Å². The van der Waals surface area contributed by atoms with Crippen LogP contribution in [0.15, 0.2) is 12.1 Å². The molecule has 0 spiro atoms. The molecule has 0 bridgehead atoms. The van der Waals surface area contributed by atoms with Crippen molar-refractivity contribution >= 4 is 22.9 Å². The molecule has 0 radical (unpaired) electrons. The molecule has 1 saturated carbocycles. The second-order valence-corrected chi connectivity index (χ2v) is 7.01. The van der Waals surface area contributed by atoms with Crippen molar-refractivity contribution in [3.05, 3.63) is 21.3 Å². The molecule has 0 aliphatic heterocycles. The Balaban J connectivity index is 2.05. The minimum absolute atomic E-state index is 0.0150. The lowest BCUT2D eigenvalue weighted by atomic mass is 9.81. The van der Waals surface area contributed by atoms with Gasteiger partial charge in [0.1, 0.15) is 0 Å². The number of hydrogen-bond acceptors (Lipinski definition) is 2. The van der Waals surface area contributed by atoms with Gasteiger partial charge in [0.25, 0.3) is 0 Å². The van der Waals surface area contributed by atoms with E-state index >= 15 is 0 Å². The highest BCUT2D eigenvalue weighted by Gasteiger charge is 2.38. The lowest BCUT2D eigenvalue weighted by Gasteiger charge is -2.34. The van der Waals surface area contributed by atoms with Crippen LogP contribution in [-0.2, 0) is 0 Å². The molecule has 1 aromatic heterocycles. The lowest BCUT2D eigenvalue weighted by Crippen LogP contribution is -2.34. The maximum Gasteiger partial charge on any atom is 0.248 e. The van der Waals surface area contributed by atoms with Crippen molar-refractivity contribution in [2.45, 2.75) is 51.0 Å². The van der Waals surface area contributed by atoms with Crippen molar-refractivity contribution in [2.75, 3.05) is 6.54 Å². The average molecular weight is 308 g/mol. The van der Waals surface area contributed by atoms with E-state index in [1.54, 1.807) is 11.3 Å². The zero-order valence-corrected chi connectivity index (χ0v) is 12.7. The first-order valence-electron chi connectivity index (χ1n) is 6.88. The highest BCUT2D eigenvalue weighted by atomic mass is 35.5. The van der Waals surface area contributed by atoms with E-state index < -0.39 is 5.92 Å². The van der Waals surface area contributed by atoms with E-state index in [9.17, 15) is 8.78 Å². The van der Waals surface area contributed by atoms with Gasteiger partial charge in [-0.15, -0.1) is 11.3 Å². The topological polar surface area (TPSA) is 12.0 Å². The van der Waals surface area contributed by atoms with Gasteiger partial charge in [-0.2, -0.15) is 0 Å². The van der Waals surface area contributed by atoms with Gasteiger partial charge < -0.3 is 5.32 Å². The summed E-state index contributed by atoms with van der Waals surface area (Å²) < 4.78 is 27.3. The molecule has 5 heteroatoms. The quantitative estimate of drug-likeness (QED) is 0.781. The molecule has 0 amide bonds. The van der Waals surface area contributed by atoms with Crippen LogP contribution in [0.3, 0.4) is 0 Å². The number of hydrogen-bond donors (Lipinski definition) is 1. The molecule has 1 heterocycles. The Morgan fingerprint density at radius 3 is 2.63 bits per heavy atom. The van der Waals surface area contributed by atoms with Crippen molar-refractivity contribution in [1.29, 1.82) is 0 Å². The first-order valence-corrected chi connectivity index (χ1v) is 8.08. The van der Waals surface area contributed by atoms with Gasteiger partial charge in [-0.05, 0) is 43.9 Å². The lowest BCUT2D eigenvalue weighted by molar-refractivity contribution is -0.0496. The molecule has 1 aliphatic rings. The minimum Gasteiger partial charge on any atom is -0.309 e. The van der Waals surface area contributed by atoms with E-state index in [2.05, 4.69) is 12.2 Å². The van der Waals surface area contributed by atoms with Crippen LogP contribution in [0.5, 0.6) is 0 Å². The van der Waals surface area contributed by atoms with Gasteiger partial charge in [0.15, 0.2) is 0 Å². The largest absolute Gasteiger partial charge is 0.309 e. The fourth-order valence-electron chi connectivity index (χ4n) is 2.69. The van der Waals surface area contributed by atoms with Gasteiger partial charge in [-0.1, -0.05) is 18.5 Å². The van der Waals surface area contributed by atoms with Gasteiger partial charge >= 0.3 is 0 Å². The highest BCUT2D eigenvalue weighted by molar-refractivity contribution is 7.16. The van der Waals surface area contributed by atoms with Crippen LogP contribution in [0.2, 0.25) is 4.34 Å². The Morgan fingerprint density at radius 1 is 1.42 bits per heavy atom. The smallest absolute Gasteiger partial charge is 0.248 e. The Labute approximate surface area is 122 Å². The maximum atomic E-state index is 13.3. The van der Waals surface area contributed by atoms with Gasteiger partial charge in [-0.3, -0.25) is 0 Å². The number of thiophene rings is 1. The normalized spacial score (nSPS) is 21.5. The maximum absolute atomic E-state index is 13.3. The number of rotatable bonds is 5. The van der Waals surface area contributed by atoms with Crippen molar-refractivity contribution in [3.8, 4) is 0 Å². The van der Waals surface area contributed by atoms with E-state index in [4.69, 9.17) is 11.6 Å². The second kappa shape index (κ2) is 6.51. The third-order valence-corrected chi connectivity index (χ3v) is 5.06. The van der Waals surface area contributed by atoms with Gasteiger partial charge in [0.05, 0.1) is 4.34 Å². The summed E-state index contributed by atoms with van der Waals surface area (Å²) in [6.07, 6.45) is 2.24. The van der Waals surface area contributed by atoms with E-state index in [1.165, 1.54) is 4.88 Å². The third-order valence-electron chi connectivity index (χ3n) is 3.75. The van der Waals surface area contributed by atoms with Crippen LogP contribution in [0.1, 0.15) is 49.9 Å². The first-order chi connectivity index (χ1) is 9.02. The fourth-order valence-corrected chi connectivity index (χ4v) is 3.92. The Kier molecular flexibility index (Phi) is 5.21. The molecule has 1 fully saturated rings. The van der Waals surface area contributed by atoms with Crippen LogP contribution in [0.25, 0.3) is 0 Å². The molecule has 19 heavy (non-hydrogen) atoms. The summed E-state index contributed by atoms with van der Waals surface area (Å²) in [4.78, 5) is 1.17. The van der Waals surface area contributed by atoms with Crippen molar-refractivity contribution in [1.82, 2.24) is 5.32 Å². The van der Waals surface area contributed by atoms with Crippen molar-refractivity contribution in [2.24, 2.45) is 5.92 Å². The van der Waals surface area contributed by atoms with Gasteiger partial charge in [-0.25, -0.2) is 8.78 Å². The predicted molar refractivity (Wildman–Crippen MR) is 77.3 cm³/mol. The van der Waals surface area contributed by atoms with E-state index in [0.29, 0.717) is 18.8 Å². The third kappa shape index (κ3) is 4.14. The minimum atomic E-state index is -2.46. The van der Waals surface area contributed by atoms with Crippen LogP contribution in [0.4, 0.5) is 8.78 Å². The average Bonchev–Trinajstić information content (AvgIpc) is 2.78. The van der Waals surface area contributed by atoms with Crippen LogP contribution < -0.4 is 5.32 Å². The number of nitrogens with one attached hydrogen (secondary N) is 1. The second-order valence-electron chi connectivity index (χ2n) is 5.27. The molecule has 1 aliphatic carbocycles. The standard InChI is InChI=1S/C14H20ClF2NS/c1-2-9-18-13(11-3-4-12(15)19-11)10-5-7-14(16,17)8-6-10/h3-4,10,13,18H,2,5-9H2,1H3. The molecule has 1 atom stereocenters. The SMILES string of the molecule is CCCNC(c1ccc(Cl)s1)C1CCC(F)(F)CC1. The first kappa shape index (κ1) is 15.2. The molecule has 0 saturated heterocycles. The van der Waals surface area contributed by atoms with Gasteiger partial charge in [0.2, 0.25) is 5.92 Å². The Morgan fingerprint density at radius 2 is 2.11 bits per heavy atom. The Hall–Kier alpha value is -0.190. The predicted octanol–water partition coefficient (Wildman–Crippen LogP) is 5.27. The summed E-state index contributed by atoms with van der Waals surface area (Å²) >= 11 is 7.55. The molecular weight excluding hydrogens is 288 g/mol. The summed E-state index contributed by atoms with van der Waals surface area (Å²) in [5.41, 5.74) is 0. The van der Waals surface area contributed by atoms with E-state index in [0.717, 1.165) is 17.3 Å². The molecule has 0 aromatic carbocycles. The molecule has 108 valence electrons. The van der Waals surface area contributed by atoms with Crippen LogP contribution in [-0.4, -0.2) is 12.5 Å². The molecule has 2 rings (SSSR count). The fraction of sp³-hybridized carbons (Fsp3) is 0.714. The highest BCUT2D eigenvalue weighted by Crippen LogP contribution is 2.43. The molecular formula is C14H20ClF2NS. The number of alkyl halides is 2. The zero-order chi connectivity index (χ0) is 13.9. The summed E-state index contributed by atoms with van der Waals surface area (Å²) in [5, 5.41) is 3.50. The van der Waals surface area contributed by atoms with Crippen LogP contribution in [0, 0.1) is 5.92 Å². The zero-order valence-electron chi connectivity index (χ0n) is 11.1. The monoisotopic (exact) mass is 307 g/mol. The number of halogens is 3. The Bertz CT molecular complexity index is 398. The molecule has 1 aromatic rings. The van der Waals surface area contributed by atoms with Crippen molar-refractivity contribution in [3.63, 3.8) is 0 Å². The summed E-state index contributed by atoms with van der Waals surface area (Å²) in [5.74, 6) is -2.17. The molecule has 1 N–H and O–H groups in total. The van der Waals surface area contributed by atoms with Gasteiger partial charge in [0, 0.05) is 23.8 Å². The summed E-state index contributed by atoms with van der Waals surface area (Å²) in [6, 6.07) is 4.08. The molecule has 1 unspecified atom stereocenters. The molecule has 1 nitrogen and oxygen atoms in total. The van der Waals surface area contributed by atoms with E-state index in [-0.39, 0.29) is 18.9 Å². The summed E-state index contributed by atoms with van der Waals surface area (Å²) in [6.45, 7) is 3.02. The van der Waals surface area contributed by atoms with Crippen LogP contribution >= 0.6 is 22.9 Å². The summed E-state index contributed by atoms with van der Waals surface area (Å²) in [7, 11) is 0.